The maximum Gasteiger partial charge on any atom is 0.416 e. The van der Waals surface area contributed by atoms with E-state index in [4.69, 9.17) is 4.74 Å². The smallest absolute Gasteiger partial charge is 0.370 e. The van der Waals surface area contributed by atoms with E-state index >= 15 is 0 Å². The van der Waals surface area contributed by atoms with Crippen LogP contribution >= 0.6 is 0 Å². The Bertz CT molecular complexity index is 1340. The molecule has 0 spiro atoms. The molecule has 7 nitrogen and oxygen atoms in total. The van der Waals surface area contributed by atoms with Gasteiger partial charge in [-0.2, -0.15) is 18.3 Å². The lowest BCUT2D eigenvalue weighted by molar-refractivity contribution is -0.137. The van der Waals surface area contributed by atoms with E-state index in [-0.39, 0.29) is 17.6 Å². The van der Waals surface area contributed by atoms with E-state index in [0.717, 1.165) is 17.7 Å². The standard InChI is InChI=1S/C22H19F3N4O3/c1-13(15-7-9-16(10-8-15)22(23,24)25)29-19-18(20(30)27-21(31)26-19)17(28-29)12-32-11-14-5-3-2-4-6-14/h2-10,13H,11-12H2,1H3,(H2,26,27,30,31). The highest BCUT2D eigenvalue weighted by atomic mass is 19.4. The van der Waals surface area contributed by atoms with Gasteiger partial charge >= 0.3 is 11.9 Å². The number of ether oxygens (including phenoxy) is 1. The molecule has 1 unspecified atom stereocenters. The minimum absolute atomic E-state index is 0.00719. The second-order valence-corrected chi connectivity index (χ2v) is 7.30. The van der Waals surface area contributed by atoms with Gasteiger partial charge in [-0.25, -0.2) is 9.48 Å². The Balaban J connectivity index is 1.68. The first-order chi connectivity index (χ1) is 15.2. The highest BCUT2D eigenvalue weighted by Gasteiger charge is 2.30. The lowest BCUT2D eigenvalue weighted by Crippen LogP contribution is -2.23. The van der Waals surface area contributed by atoms with Crippen LogP contribution in [0.25, 0.3) is 11.0 Å². The number of hydrogen-bond acceptors (Lipinski definition) is 4. The molecular weight excluding hydrogens is 425 g/mol. The number of aromatic nitrogens is 4. The molecule has 2 N–H and O–H groups in total. The topological polar surface area (TPSA) is 92.8 Å². The van der Waals surface area contributed by atoms with E-state index in [0.29, 0.717) is 17.9 Å². The molecule has 0 saturated carbocycles. The van der Waals surface area contributed by atoms with Crippen LogP contribution in [-0.4, -0.2) is 19.7 Å². The highest BCUT2D eigenvalue weighted by Crippen LogP contribution is 2.31. The number of benzene rings is 2. The SMILES string of the molecule is CC(c1ccc(C(F)(F)F)cc1)n1nc(COCc2ccccc2)c2c(=O)[nH]c(=O)[nH]c21. The summed E-state index contributed by atoms with van der Waals surface area (Å²) in [5.74, 6) is 0. The predicted molar refractivity (Wildman–Crippen MR) is 111 cm³/mol. The molecule has 0 fully saturated rings. The average Bonchev–Trinajstić information content (AvgIpc) is 3.12. The number of fused-ring (bicyclic) bond motifs is 1. The second kappa shape index (κ2) is 8.46. The summed E-state index contributed by atoms with van der Waals surface area (Å²) in [5, 5.41) is 4.61. The number of nitrogens with one attached hydrogen (secondary N) is 2. The zero-order valence-electron chi connectivity index (χ0n) is 16.9. The molecule has 2 heterocycles. The van der Waals surface area contributed by atoms with Gasteiger partial charge < -0.3 is 4.74 Å². The molecule has 0 aliphatic rings. The Hall–Kier alpha value is -3.66. The van der Waals surface area contributed by atoms with E-state index in [9.17, 15) is 22.8 Å². The van der Waals surface area contributed by atoms with Crippen molar-refractivity contribution in [2.45, 2.75) is 32.4 Å². The van der Waals surface area contributed by atoms with Crippen molar-refractivity contribution in [3.8, 4) is 0 Å². The van der Waals surface area contributed by atoms with Crippen LogP contribution in [0.3, 0.4) is 0 Å². The van der Waals surface area contributed by atoms with Gasteiger partial charge in [-0.1, -0.05) is 42.5 Å². The third kappa shape index (κ3) is 4.35. The maximum absolute atomic E-state index is 12.9. The van der Waals surface area contributed by atoms with Gasteiger partial charge in [0.25, 0.3) is 5.56 Å². The average molecular weight is 444 g/mol. The molecule has 4 aromatic rings. The number of halogens is 3. The number of nitrogens with zero attached hydrogens (tertiary/aromatic N) is 2. The van der Waals surface area contributed by atoms with E-state index in [1.165, 1.54) is 16.8 Å². The number of rotatable bonds is 6. The summed E-state index contributed by atoms with van der Waals surface area (Å²) in [7, 11) is 0. The Morgan fingerprint density at radius 1 is 1.00 bits per heavy atom. The largest absolute Gasteiger partial charge is 0.416 e. The van der Waals surface area contributed by atoms with Gasteiger partial charge in [0.2, 0.25) is 0 Å². The quantitative estimate of drug-likeness (QED) is 0.474. The lowest BCUT2D eigenvalue weighted by Gasteiger charge is -2.15. The van der Waals surface area contributed by atoms with Crippen molar-refractivity contribution in [2.75, 3.05) is 0 Å². The third-order valence-corrected chi connectivity index (χ3v) is 5.11. The van der Waals surface area contributed by atoms with Crippen molar-refractivity contribution in [1.29, 1.82) is 0 Å². The van der Waals surface area contributed by atoms with E-state index < -0.39 is 29.0 Å². The van der Waals surface area contributed by atoms with Crippen LogP contribution in [0.4, 0.5) is 13.2 Å². The van der Waals surface area contributed by atoms with Crippen molar-refractivity contribution < 1.29 is 17.9 Å². The van der Waals surface area contributed by atoms with Crippen molar-refractivity contribution in [1.82, 2.24) is 19.7 Å². The summed E-state index contributed by atoms with van der Waals surface area (Å²) in [4.78, 5) is 29.1. The van der Waals surface area contributed by atoms with Gasteiger partial charge in [-0.15, -0.1) is 0 Å². The number of hydrogen-bond donors (Lipinski definition) is 2. The summed E-state index contributed by atoms with van der Waals surface area (Å²) in [6, 6.07) is 13.5. The van der Waals surface area contributed by atoms with Gasteiger partial charge in [-0.3, -0.25) is 14.8 Å². The molecule has 0 aliphatic carbocycles. The van der Waals surface area contributed by atoms with Crippen LogP contribution < -0.4 is 11.2 Å². The van der Waals surface area contributed by atoms with Crippen molar-refractivity contribution in [3.05, 3.63) is 97.8 Å². The number of alkyl halides is 3. The fraction of sp³-hybridized carbons (Fsp3) is 0.227. The molecule has 1 atom stereocenters. The molecule has 0 radical (unpaired) electrons. The first kappa shape index (κ1) is 21.6. The van der Waals surface area contributed by atoms with Crippen LogP contribution in [-0.2, 0) is 24.1 Å². The molecule has 0 amide bonds. The molecule has 0 saturated heterocycles. The van der Waals surface area contributed by atoms with Crippen LogP contribution in [0.2, 0.25) is 0 Å². The fourth-order valence-electron chi connectivity index (χ4n) is 3.46. The minimum atomic E-state index is -4.44. The molecular formula is C22H19F3N4O3. The Kier molecular flexibility index (Phi) is 5.70. The Labute approximate surface area is 179 Å². The highest BCUT2D eigenvalue weighted by molar-refractivity contribution is 5.77. The summed E-state index contributed by atoms with van der Waals surface area (Å²) in [6.07, 6.45) is -4.44. The summed E-state index contributed by atoms with van der Waals surface area (Å²) >= 11 is 0. The first-order valence-corrected chi connectivity index (χ1v) is 9.76. The second-order valence-electron chi connectivity index (χ2n) is 7.30. The zero-order chi connectivity index (χ0) is 22.9. The van der Waals surface area contributed by atoms with Crippen LogP contribution in [0.1, 0.15) is 35.3 Å². The summed E-state index contributed by atoms with van der Waals surface area (Å²) < 4.78 is 45.7. The Morgan fingerprint density at radius 2 is 1.69 bits per heavy atom. The van der Waals surface area contributed by atoms with E-state index in [1.807, 2.05) is 30.3 Å². The normalized spacial score (nSPS) is 12.9. The molecule has 0 aliphatic heterocycles. The minimum Gasteiger partial charge on any atom is -0.370 e. The van der Waals surface area contributed by atoms with Crippen LogP contribution in [0.15, 0.2) is 64.2 Å². The Morgan fingerprint density at radius 3 is 2.34 bits per heavy atom. The van der Waals surface area contributed by atoms with Gasteiger partial charge in [0.15, 0.2) is 0 Å². The van der Waals surface area contributed by atoms with Crippen LogP contribution in [0, 0.1) is 0 Å². The molecule has 32 heavy (non-hydrogen) atoms. The van der Waals surface area contributed by atoms with Gasteiger partial charge in [0.1, 0.15) is 16.7 Å². The zero-order valence-corrected chi connectivity index (χ0v) is 16.9. The molecule has 166 valence electrons. The molecule has 2 aromatic heterocycles. The lowest BCUT2D eigenvalue weighted by atomic mass is 10.1. The summed E-state index contributed by atoms with van der Waals surface area (Å²) in [5.41, 5.74) is -0.139. The van der Waals surface area contributed by atoms with Gasteiger partial charge in [-0.05, 0) is 30.2 Å². The fourth-order valence-corrected chi connectivity index (χ4v) is 3.46. The molecule has 2 aromatic carbocycles. The van der Waals surface area contributed by atoms with Crippen molar-refractivity contribution in [2.24, 2.45) is 0 Å². The maximum atomic E-state index is 12.9. The van der Waals surface area contributed by atoms with Gasteiger partial charge in [0, 0.05) is 0 Å². The molecule has 4 rings (SSSR count). The van der Waals surface area contributed by atoms with E-state index in [1.54, 1.807) is 6.92 Å². The van der Waals surface area contributed by atoms with Crippen LogP contribution in [0.5, 0.6) is 0 Å². The van der Waals surface area contributed by atoms with Crippen molar-refractivity contribution in [3.63, 3.8) is 0 Å². The predicted octanol–water partition coefficient (Wildman–Crippen LogP) is 3.76. The van der Waals surface area contributed by atoms with E-state index in [2.05, 4.69) is 15.1 Å². The summed E-state index contributed by atoms with van der Waals surface area (Å²) in [6.45, 7) is 2.02. The molecule has 10 heteroatoms. The third-order valence-electron chi connectivity index (χ3n) is 5.11. The first-order valence-electron chi connectivity index (χ1n) is 9.76. The monoisotopic (exact) mass is 444 g/mol. The number of aromatic amines is 2. The number of H-pyrrole nitrogens is 2. The van der Waals surface area contributed by atoms with Gasteiger partial charge in [0.05, 0.1) is 24.8 Å². The van der Waals surface area contributed by atoms with Crippen molar-refractivity contribution >= 4 is 11.0 Å². The molecule has 0 bridgehead atoms.